The molecular weight excluding hydrogens is 378 g/mol. The van der Waals surface area contributed by atoms with Crippen LogP contribution in [0.3, 0.4) is 0 Å². The van der Waals surface area contributed by atoms with Gasteiger partial charge in [0.1, 0.15) is 23.4 Å². The van der Waals surface area contributed by atoms with Crippen LogP contribution in [0.15, 0.2) is 78.5 Å². The second-order valence-corrected chi connectivity index (χ2v) is 6.41. The van der Waals surface area contributed by atoms with Crippen LogP contribution in [0.5, 0.6) is 0 Å². The lowest BCUT2D eigenvalue weighted by Gasteiger charge is -2.24. The van der Waals surface area contributed by atoms with E-state index in [0.29, 0.717) is 5.69 Å². The van der Waals surface area contributed by atoms with E-state index in [1.807, 2.05) is 0 Å². The molecule has 1 amide bonds. The molecule has 1 aliphatic rings. The molecular formula is C22H14F2N2O3. The van der Waals surface area contributed by atoms with Crippen molar-refractivity contribution < 1.29 is 23.5 Å². The molecule has 1 aromatic heterocycles. The number of rotatable bonds is 3. The van der Waals surface area contributed by atoms with E-state index in [1.54, 1.807) is 18.2 Å². The fourth-order valence-corrected chi connectivity index (χ4v) is 3.28. The lowest BCUT2D eigenvalue weighted by Crippen LogP contribution is -2.29. The molecule has 1 atom stereocenters. The van der Waals surface area contributed by atoms with Gasteiger partial charge in [-0.05, 0) is 60.7 Å². The van der Waals surface area contributed by atoms with Crippen molar-refractivity contribution in [1.29, 1.82) is 0 Å². The highest BCUT2D eigenvalue weighted by atomic mass is 19.1. The SMILES string of the molecule is O=C1C(=O)N(c2ccc(F)cc2)C(c2ccccn2)/C1=C(/O)c1ccc(F)cc1. The number of carbonyl (C=O) groups is 2. The number of hydrogen-bond acceptors (Lipinski definition) is 4. The average Bonchev–Trinajstić information content (AvgIpc) is 3.00. The van der Waals surface area contributed by atoms with Gasteiger partial charge in [-0.15, -0.1) is 0 Å². The monoisotopic (exact) mass is 392 g/mol. The Morgan fingerprint density at radius 1 is 0.897 bits per heavy atom. The van der Waals surface area contributed by atoms with Crippen LogP contribution in [0.2, 0.25) is 0 Å². The van der Waals surface area contributed by atoms with Gasteiger partial charge >= 0.3 is 0 Å². The van der Waals surface area contributed by atoms with Gasteiger partial charge in [0, 0.05) is 17.4 Å². The molecule has 1 N–H and O–H groups in total. The van der Waals surface area contributed by atoms with Crippen molar-refractivity contribution in [3.8, 4) is 0 Å². The first-order valence-corrected chi connectivity index (χ1v) is 8.71. The summed E-state index contributed by atoms with van der Waals surface area (Å²) in [5.41, 5.74) is 0.635. The van der Waals surface area contributed by atoms with Crippen molar-refractivity contribution in [2.24, 2.45) is 0 Å². The Hall–Kier alpha value is -3.87. The van der Waals surface area contributed by atoms with Crippen LogP contribution in [0.1, 0.15) is 17.3 Å². The molecule has 1 aliphatic heterocycles. The average molecular weight is 392 g/mol. The fraction of sp³-hybridized carbons (Fsp3) is 0.0455. The third-order valence-corrected chi connectivity index (χ3v) is 4.63. The van der Waals surface area contributed by atoms with Crippen LogP contribution in [0.25, 0.3) is 5.76 Å². The molecule has 3 aromatic rings. The van der Waals surface area contributed by atoms with Crippen molar-refractivity contribution in [2.45, 2.75) is 6.04 Å². The molecule has 1 unspecified atom stereocenters. The molecule has 7 heteroatoms. The number of aliphatic hydroxyl groups is 1. The number of nitrogens with zero attached hydrogens (tertiary/aromatic N) is 2. The first kappa shape index (κ1) is 18.5. The largest absolute Gasteiger partial charge is 0.507 e. The van der Waals surface area contributed by atoms with Gasteiger partial charge in [-0.1, -0.05) is 6.07 Å². The number of benzene rings is 2. The van der Waals surface area contributed by atoms with Crippen molar-refractivity contribution in [1.82, 2.24) is 4.98 Å². The molecule has 0 saturated carbocycles. The van der Waals surface area contributed by atoms with Gasteiger partial charge in [0.2, 0.25) is 0 Å². The topological polar surface area (TPSA) is 70.5 Å². The van der Waals surface area contributed by atoms with Crippen LogP contribution in [-0.4, -0.2) is 21.8 Å². The van der Waals surface area contributed by atoms with Gasteiger partial charge in [-0.25, -0.2) is 8.78 Å². The van der Waals surface area contributed by atoms with E-state index < -0.39 is 35.1 Å². The maximum absolute atomic E-state index is 13.4. The lowest BCUT2D eigenvalue weighted by molar-refractivity contribution is -0.132. The van der Waals surface area contributed by atoms with Gasteiger partial charge in [-0.2, -0.15) is 0 Å². The molecule has 1 saturated heterocycles. The van der Waals surface area contributed by atoms with Crippen LogP contribution in [-0.2, 0) is 9.59 Å². The molecule has 2 heterocycles. The summed E-state index contributed by atoms with van der Waals surface area (Å²) in [7, 11) is 0. The molecule has 0 aliphatic carbocycles. The zero-order valence-electron chi connectivity index (χ0n) is 14.9. The minimum Gasteiger partial charge on any atom is -0.507 e. The highest BCUT2D eigenvalue weighted by molar-refractivity contribution is 6.51. The van der Waals surface area contributed by atoms with Crippen LogP contribution in [0, 0.1) is 11.6 Å². The summed E-state index contributed by atoms with van der Waals surface area (Å²) in [5, 5.41) is 10.8. The fourth-order valence-electron chi connectivity index (χ4n) is 3.28. The van der Waals surface area contributed by atoms with Gasteiger partial charge in [0.25, 0.3) is 11.7 Å². The second kappa shape index (κ2) is 7.27. The number of halogens is 2. The van der Waals surface area contributed by atoms with Gasteiger partial charge in [0.15, 0.2) is 0 Å². The van der Waals surface area contributed by atoms with E-state index in [-0.39, 0.29) is 16.8 Å². The molecule has 0 radical (unpaired) electrons. The third-order valence-electron chi connectivity index (χ3n) is 4.63. The highest BCUT2D eigenvalue weighted by Crippen LogP contribution is 2.41. The number of ketones is 1. The number of Topliss-reactive ketones (excluding diaryl/α,β-unsaturated/α-hetero) is 1. The van der Waals surface area contributed by atoms with E-state index in [0.717, 1.165) is 12.1 Å². The molecule has 0 bridgehead atoms. The molecule has 29 heavy (non-hydrogen) atoms. The first-order valence-electron chi connectivity index (χ1n) is 8.71. The minimum atomic E-state index is -1.02. The van der Waals surface area contributed by atoms with E-state index >= 15 is 0 Å². The van der Waals surface area contributed by atoms with E-state index in [9.17, 15) is 23.5 Å². The molecule has 5 nitrogen and oxygen atoms in total. The predicted molar refractivity (Wildman–Crippen MR) is 102 cm³/mol. The number of amides is 1. The third kappa shape index (κ3) is 3.27. The zero-order chi connectivity index (χ0) is 20.5. The van der Waals surface area contributed by atoms with Gasteiger partial charge < -0.3 is 5.11 Å². The van der Waals surface area contributed by atoms with Crippen molar-refractivity contribution in [3.05, 3.63) is 101 Å². The van der Waals surface area contributed by atoms with Crippen LogP contribution in [0.4, 0.5) is 14.5 Å². The summed E-state index contributed by atoms with van der Waals surface area (Å²) in [6, 6.07) is 13.9. The molecule has 1 fully saturated rings. The van der Waals surface area contributed by atoms with E-state index in [2.05, 4.69) is 4.98 Å². The Morgan fingerprint density at radius 3 is 2.10 bits per heavy atom. The standard InChI is InChI=1S/C22H14F2N2O3/c23-14-6-4-13(5-7-14)20(27)18-19(17-3-1-2-12-25-17)26(22(29)21(18)28)16-10-8-15(24)9-11-16/h1-12,19,27H/b20-18-. The first-order chi connectivity index (χ1) is 14.0. The summed E-state index contributed by atoms with van der Waals surface area (Å²) < 4.78 is 26.6. The summed E-state index contributed by atoms with van der Waals surface area (Å²) in [5.74, 6) is -3.23. The van der Waals surface area contributed by atoms with Gasteiger partial charge in [-0.3, -0.25) is 19.5 Å². The molecule has 0 spiro atoms. The summed E-state index contributed by atoms with van der Waals surface area (Å²) in [4.78, 5) is 31.1. The Kier molecular flexibility index (Phi) is 4.64. The van der Waals surface area contributed by atoms with E-state index in [1.165, 1.54) is 47.5 Å². The molecule has 4 rings (SSSR count). The van der Waals surface area contributed by atoms with Crippen LogP contribution < -0.4 is 4.90 Å². The number of pyridine rings is 1. The number of aliphatic hydroxyl groups excluding tert-OH is 1. The summed E-state index contributed by atoms with van der Waals surface area (Å²) in [6.07, 6.45) is 1.50. The quantitative estimate of drug-likeness (QED) is 0.416. The smallest absolute Gasteiger partial charge is 0.300 e. The Balaban J connectivity index is 1.93. The number of hydrogen-bond donors (Lipinski definition) is 1. The lowest BCUT2D eigenvalue weighted by atomic mass is 9.98. The minimum absolute atomic E-state index is 0.176. The normalized spacial score (nSPS) is 18.3. The summed E-state index contributed by atoms with van der Waals surface area (Å²) in [6.45, 7) is 0. The molecule has 2 aromatic carbocycles. The zero-order valence-corrected chi connectivity index (χ0v) is 14.9. The molecule has 144 valence electrons. The van der Waals surface area contributed by atoms with E-state index in [4.69, 9.17) is 0 Å². The number of anilines is 1. The second-order valence-electron chi connectivity index (χ2n) is 6.41. The summed E-state index contributed by atoms with van der Waals surface area (Å²) >= 11 is 0. The highest BCUT2D eigenvalue weighted by Gasteiger charge is 2.47. The predicted octanol–water partition coefficient (Wildman–Crippen LogP) is 3.99. The van der Waals surface area contributed by atoms with Crippen LogP contribution >= 0.6 is 0 Å². The maximum atomic E-state index is 13.4. The Morgan fingerprint density at radius 2 is 1.52 bits per heavy atom. The van der Waals surface area contributed by atoms with Crippen molar-refractivity contribution in [3.63, 3.8) is 0 Å². The Labute approximate surface area is 164 Å². The maximum Gasteiger partial charge on any atom is 0.300 e. The van der Waals surface area contributed by atoms with Crippen molar-refractivity contribution >= 4 is 23.1 Å². The van der Waals surface area contributed by atoms with Crippen molar-refractivity contribution in [2.75, 3.05) is 4.90 Å². The number of aromatic nitrogens is 1. The Bertz CT molecular complexity index is 1110. The van der Waals surface area contributed by atoms with Gasteiger partial charge in [0.05, 0.1) is 11.3 Å². The number of carbonyl (C=O) groups excluding carboxylic acids is 2.